The fraction of sp³-hybridized carbons (Fsp3) is 0.769. The molecule has 90 valence electrons. The van der Waals surface area contributed by atoms with Crippen molar-refractivity contribution >= 4 is 5.69 Å². The zero-order valence-corrected chi connectivity index (χ0v) is 10.6. The zero-order chi connectivity index (χ0) is 11.5. The Balaban J connectivity index is 1.82. The first-order valence-electron chi connectivity index (χ1n) is 6.46. The molecular weight excluding hydrogens is 198 g/mol. The summed E-state index contributed by atoms with van der Waals surface area (Å²) in [6.07, 6.45) is 9.61. The van der Waals surface area contributed by atoms with Gasteiger partial charge in [0, 0.05) is 18.3 Å². The van der Waals surface area contributed by atoms with Crippen molar-refractivity contribution in [2.45, 2.75) is 58.5 Å². The van der Waals surface area contributed by atoms with Gasteiger partial charge in [0.25, 0.3) is 0 Å². The van der Waals surface area contributed by atoms with Crippen LogP contribution in [0.1, 0.15) is 52.5 Å². The molecule has 1 saturated carbocycles. The highest BCUT2D eigenvalue weighted by molar-refractivity contribution is 5.39. The molecule has 1 N–H and O–H groups in total. The summed E-state index contributed by atoms with van der Waals surface area (Å²) < 4.78 is 2.00. The lowest BCUT2D eigenvalue weighted by molar-refractivity contribution is 0.286. The molecule has 1 heterocycles. The van der Waals surface area contributed by atoms with Crippen LogP contribution in [0.4, 0.5) is 5.69 Å². The van der Waals surface area contributed by atoms with Gasteiger partial charge in [-0.15, -0.1) is 0 Å². The second kappa shape index (κ2) is 4.89. The van der Waals surface area contributed by atoms with E-state index in [2.05, 4.69) is 37.4 Å². The van der Waals surface area contributed by atoms with E-state index in [-0.39, 0.29) is 0 Å². The van der Waals surface area contributed by atoms with Crippen molar-refractivity contribution in [2.75, 3.05) is 5.32 Å². The monoisotopic (exact) mass is 221 g/mol. The number of hydrogen-bond donors (Lipinski definition) is 1. The van der Waals surface area contributed by atoms with Crippen molar-refractivity contribution in [2.24, 2.45) is 5.92 Å². The van der Waals surface area contributed by atoms with Crippen molar-refractivity contribution in [1.82, 2.24) is 9.78 Å². The predicted molar refractivity (Wildman–Crippen MR) is 67.7 cm³/mol. The van der Waals surface area contributed by atoms with Gasteiger partial charge >= 0.3 is 0 Å². The Labute approximate surface area is 98.2 Å². The Bertz CT molecular complexity index is 326. The summed E-state index contributed by atoms with van der Waals surface area (Å²) in [5, 5.41) is 7.87. The lowest BCUT2D eigenvalue weighted by atomic mass is 9.81. The van der Waals surface area contributed by atoms with Gasteiger partial charge in [-0.05, 0) is 33.1 Å². The Kier molecular flexibility index (Phi) is 3.52. The SMILES string of the molecule is CC(CC1CCC1)Nc1cnn(C(C)C)c1. The third-order valence-corrected chi connectivity index (χ3v) is 3.46. The minimum Gasteiger partial charge on any atom is -0.380 e. The number of hydrogen-bond acceptors (Lipinski definition) is 2. The molecule has 3 nitrogen and oxygen atoms in total. The Morgan fingerprint density at radius 2 is 2.19 bits per heavy atom. The molecule has 0 aromatic carbocycles. The molecular formula is C13H23N3. The molecule has 0 spiro atoms. The third-order valence-electron chi connectivity index (χ3n) is 3.46. The average molecular weight is 221 g/mol. The first kappa shape index (κ1) is 11.5. The smallest absolute Gasteiger partial charge is 0.0728 e. The van der Waals surface area contributed by atoms with Gasteiger partial charge in [0.2, 0.25) is 0 Å². The Morgan fingerprint density at radius 1 is 1.44 bits per heavy atom. The molecule has 1 aromatic heterocycles. The molecule has 16 heavy (non-hydrogen) atoms. The van der Waals surface area contributed by atoms with E-state index < -0.39 is 0 Å². The molecule has 1 aromatic rings. The lowest BCUT2D eigenvalue weighted by Crippen LogP contribution is -2.23. The topological polar surface area (TPSA) is 29.9 Å². The van der Waals surface area contributed by atoms with Gasteiger partial charge in [-0.1, -0.05) is 19.3 Å². The van der Waals surface area contributed by atoms with E-state index in [1.165, 1.54) is 25.7 Å². The highest BCUT2D eigenvalue weighted by Gasteiger charge is 2.19. The van der Waals surface area contributed by atoms with Crippen LogP contribution in [0.2, 0.25) is 0 Å². The van der Waals surface area contributed by atoms with Crippen LogP contribution in [0.25, 0.3) is 0 Å². The van der Waals surface area contributed by atoms with Crippen molar-refractivity contribution in [1.29, 1.82) is 0 Å². The van der Waals surface area contributed by atoms with Crippen LogP contribution in [0.5, 0.6) is 0 Å². The van der Waals surface area contributed by atoms with Crippen molar-refractivity contribution in [3.8, 4) is 0 Å². The van der Waals surface area contributed by atoms with Crippen LogP contribution in [-0.4, -0.2) is 15.8 Å². The van der Waals surface area contributed by atoms with Crippen molar-refractivity contribution in [3.63, 3.8) is 0 Å². The minimum atomic E-state index is 0.442. The van der Waals surface area contributed by atoms with Crippen LogP contribution in [0.15, 0.2) is 12.4 Å². The maximum atomic E-state index is 4.34. The number of nitrogens with zero attached hydrogens (tertiary/aromatic N) is 2. The van der Waals surface area contributed by atoms with Crippen LogP contribution in [0, 0.1) is 5.92 Å². The lowest BCUT2D eigenvalue weighted by Gasteiger charge is -2.28. The molecule has 0 saturated heterocycles. The molecule has 0 bridgehead atoms. The van der Waals surface area contributed by atoms with Crippen LogP contribution >= 0.6 is 0 Å². The van der Waals surface area contributed by atoms with Gasteiger partial charge in [-0.2, -0.15) is 5.10 Å². The number of nitrogens with one attached hydrogen (secondary N) is 1. The van der Waals surface area contributed by atoms with Gasteiger partial charge in [0.1, 0.15) is 0 Å². The maximum Gasteiger partial charge on any atom is 0.0728 e. The summed E-state index contributed by atoms with van der Waals surface area (Å²) in [5.74, 6) is 0.961. The molecule has 0 radical (unpaired) electrons. The van der Waals surface area contributed by atoms with E-state index >= 15 is 0 Å². The van der Waals surface area contributed by atoms with E-state index in [0.29, 0.717) is 12.1 Å². The fourth-order valence-electron chi connectivity index (χ4n) is 2.27. The van der Waals surface area contributed by atoms with Crippen molar-refractivity contribution in [3.05, 3.63) is 12.4 Å². The van der Waals surface area contributed by atoms with E-state index in [1.54, 1.807) is 0 Å². The molecule has 3 heteroatoms. The van der Waals surface area contributed by atoms with Gasteiger partial charge in [0.05, 0.1) is 11.9 Å². The molecule has 1 fully saturated rings. The second-order valence-corrected chi connectivity index (χ2v) is 5.38. The van der Waals surface area contributed by atoms with Gasteiger partial charge in [0.15, 0.2) is 0 Å². The van der Waals surface area contributed by atoms with E-state index in [9.17, 15) is 0 Å². The molecule has 1 atom stereocenters. The first-order chi connectivity index (χ1) is 7.65. The molecule has 0 aliphatic heterocycles. The number of rotatable bonds is 5. The average Bonchev–Trinajstić information content (AvgIpc) is 2.60. The molecule has 1 aliphatic rings. The summed E-state index contributed by atoms with van der Waals surface area (Å²) in [5.41, 5.74) is 1.15. The fourth-order valence-corrected chi connectivity index (χ4v) is 2.27. The summed E-state index contributed by atoms with van der Waals surface area (Å²) in [7, 11) is 0. The van der Waals surface area contributed by atoms with Crippen LogP contribution in [0.3, 0.4) is 0 Å². The van der Waals surface area contributed by atoms with Crippen molar-refractivity contribution < 1.29 is 0 Å². The highest BCUT2D eigenvalue weighted by atomic mass is 15.3. The number of anilines is 1. The quantitative estimate of drug-likeness (QED) is 0.825. The number of aromatic nitrogens is 2. The molecule has 2 rings (SSSR count). The van der Waals surface area contributed by atoms with Crippen LogP contribution < -0.4 is 5.32 Å². The standard InChI is InChI=1S/C13H23N3/c1-10(2)16-9-13(8-14-16)15-11(3)7-12-5-4-6-12/h8-12,15H,4-7H2,1-3H3. The first-order valence-corrected chi connectivity index (χ1v) is 6.46. The van der Waals surface area contributed by atoms with E-state index in [1.807, 2.05) is 10.9 Å². The summed E-state index contributed by atoms with van der Waals surface area (Å²) in [6.45, 7) is 6.56. The Morgan fingerprint density at radius 3 is 2.69 bits per heavy atom. The summed E-state index contributed by atoms with van der Waals surface area (Å²) >= 11 is 0. The Hall–Kier alpha value is -0.990. The minimum absolute atomic E-state index is 0.442. The molecule has 0 amide bonds. The molecule has 1 unspecified atom stereocenters. The summed E-state index contributed by atoms with van der Waals surface area (Å²) in [4.78, 5) is 0. The van der Waals surface area contributed by atoms with Gasteiger partial charge < -0.3 is 5.32 Å². The predicted octanol–water partition coefficient (Wildman–Crippen LogP) is 3.45. The van der Waals surface area contributed by atoms with Crippen LogP contribution in [-0.2, 0) is 0 Å². The van der Waals surface area contributed by atoms with Gasteiger partial charge in [-0.25, -0.2) is 0 Å². The zero-order valence-electron chi connectivity index (χ0n) is 10.6. The highest BCUT2D eigenvalue weighted by Crippen LogP contribution is 2.31. The van der Waals surface area contributed by atoms with Gasteiger partial charge in [-0.3, -0.25) is 4.68 Å². The van der Waals surface area contributed by atoms with E-state index in [0.717, 1.165) is 11.6 Å². The largest absolute Gasteiger partial charge is 0.380 e. The van der Waals surface area contributed by atoms with E-state index in [4.69, 9.17) is 0 Å². The summed E-state index contributed by atoms with van der Waals surface area (Å²) in [6, 6.07) is 1.01. The normalized spacial score (nSPS) is 18.5. The maximum absolute atomic E-state index is 4.34. The third kappa shape index (κ3) is 2.77. The second-order valence-electron chi connectivity index (χ2n) is 5.38. The molecule has 1 aliphatic carbocycles.